The van der Waals surface area contributed by atoms with Crippen molar-refractivity contribution in [2.75, 3.05) is 23.3 Å². The molecule has 4 rings (SSSR count). The van der Waals surface area contributed by atoms with Crippen LogP contribution in [0.1, 0.15) is 23.2 Å². The van der Waals surface area contributed by atoms with Crippen molar-refractivity contribution in [3.8, 4) is 0 Å². The molecule has 6 nitrogen and oxygen atoms in total. The second-order valence-electron chi connectivity index (χ2n) is 6.16. The number of nitrogens with one attached hydrogen (secondary N) is 1. The summed E-state index contributed by atoms with van der Waals surface area (Å²) in [7, 11) is 0. The molecule has 3 heterocycles. The second kappa shape index (κ2) is 6.68. The number of pyridine rings is 1. The van der Waals surface area contributed by atoms with Crippen LogP contribution in [0.3, 0.4) is 0 Å². The molecule has 0 spiro atoms. The number of nitrogens with two attached hydrogens (primary N) is 1. The molecule has 1 atom stereocenters. The lowest BCUT2D eigenvalue weighted by molar-refractivity contribution is 0.100. The van der Waals surface area contributed by atoms with Gasteiger partial charge in [0.15, 0.2) is 5.13 Å². The lowest BCUT2D eigenvalue weighted by Crippen LogP contribution is -2.42. The first kappa shape index (κ1) is 15.8. The lowest BCUT2D eigenvalue weighted by atomic mass is 10.1. The molecule has 3 N–H and O–H groups in total. The first-order chi connectivity index (χ1) is 12.2. The van der Waals surface area contributed by atoms with Crippen LogP contribution in [-0.4, -0.2) is 35.0 Å². The Morgan fingerprint density at radius 3 is 3.00 bits per heavy atom. The average molecular weight is 353 g/mol. The summed E-state index contributed by atoms with van der Waals surface area (Å²) in [5.74, 6) is 0.0978. The number of nitrogens with zero attached hydrogens (tertiary/aromatic N) is 3. The van der Waals surface area contributed by atoms with Crippen LogP contribution < -0.4 is 16.0 Å². The minimum Gasteiger partial charge on any atom is -0.365 e. The number of primary amides is 1. The van der Waals surface area contributed by atoms with Crippen molar-refractivity contribution in [1.82, 2.24) is 9.97 Å². The molecule has 1 aromatic carbocycles. The quantitative estimate of drug-likeness (QED) is 0.753. The first-order valence-electron chi connectivity index (χ1n) is 8.32. The number of rotatable bonds is 4. The topological polar surface area (TPSA) is 84.1 Å². The molecule has 0 aliphatic carbocycles. The van der Waals surface area contributed by atoms with Gasteiger partial charge in [-0.05, 0) is 37.1 Å². The number of carbonyl (C=O) groups excluding carboxylic acids is 1. The van der Waals surface area contributed by atoms with Crippen LogP contribution >= 0.6 is 11.3 Å². The van der Waals surface area contributed by atoms with Crippen LogP contribution in [0.2, 0.25) is 0 Å². The van der Waals surface area contributed by atoms with Gasteiger partial charge in [-0.15, -0.1) is 0 Å². The molecule has 25 heavy (non-hydrogen) atoms. The number of benzene rings is 1. The number of hydrogen-bond donors (Lipinski definition) is 2. The fourth-order valence-electron chi connectivity index (χ4n) is 3.18. The molecule has 1 unspecified atom stereocenters. The van der Waals surface area contributed by atoms with Gasteiger partial charge in [0.1, 0.15) is 5.82 Å². The summed E-state index contributed by atoms with van der Waals surface area (Å²) in [6, 6.07) is 11.8. The van der Waals surface area contributed by atoms with Crippen LogP contribution in [0.5, 0.6) is 0 Å². The Balaban J connectivity index is 1.52. The predicted octanol–water partition coefficient (Wildman–Crippen LogP) is 2.87. The van der Waals surface area contributed by atoms with Crippen molar-refractivity contribution < 1.29 is 4.79 Å². The fourth-order valence-corrected chi connectivity index (χ4v) is 4.18. The third-order valence-corrected chi connectivity index (χ3v) is 5.49. The van der Waals surface area contributed by atoms with Crippen molar-refractivity contribution in [2.24, 2.45) is 5.73 Å². The van der Waals surface area contributed by atoms with Gasteiger partial charge < -0.3 is 16.0 Å². The fraction of sp³-hybridized carbons (Fsp3) is 0.278. The van der Waals surface area contributed by atoms with Gasteiger partial charge in [0, 0.05) is 25.3 Å². The Morgan fingerprint density at radius 2 is 2.16 bits per heavy atom. The summed E-state index contributed by atoms with van der Waals surface area (Å²) >= 11 is 1.72. The summed E-state index contributed by atoms with van der Waals surface area (Å²) in [6.45, 7) is 1.82. The minimum atomic E-state index is -0.463. The Bertz CT molecular complexity index is 876. The number of hydrogen-bond acceptors (Lipinski definition) is 6. The molecule has 1 aliphatic heterocycles. The Hall–Kier alpha value is -2.67. The van der Waals surface area contributed by atoms with Crippen LogP contribution in [-0.2, 0) is 0 Å². The lowest BCUT2D eigenvalue weighted by Gasteiger charge is -2.33. The highest BCUT2D eigenvalue weighted by molar-refractivity contribution is 7.22. The maximum absolute atomic E-state index is 11.6. The normalized spacial score (nSPS) is 17.6. The SMILES string of the molecule is NC(=O)c1cccnc1NC1CCCN(c2nc3ccccc3s2)C1. The van der Waals surface area contributed by atoms with E-state index in [1.165, 1.54) is 4.70 Å². The van der Waals surface area contributed by atoms with E-state index in [1.807, 2.05) is 18.2 Å². The molecule has 2 aromatic heterocycles. The van der Waals surface area contributed by atoms with Crippen molar-refractivity contribution >= 4 is 38.4 Å². The van der Waals surface area contributed by atoms with E-state index in [1.54, 1.807) is 29.7 Å². The molecule has 0 bridgehead atoms. The monoisotopic (exact) mass is 353 g/mol. The maximum atomic E-state index is 11.6. The zero-order valence-electron chi connectivity index (χ0n) is 13.7. The summed E-state index contributed by atoms with van der Waals surface area (Å²) in [5.41, 5.74) is 6.91. The Morgan fingerprint density at radius 1 is 1.28 bits per heavy atom. The molecular formula is C18H19N5OS. The predicted molar refractivity (Wildman–Crippen MR) is 101 cm³/mol. The van der Waals surface area contributed by atoms with Crippen LogP contribution in [0.15, 0.2) is 42.6 Å². The number of anilines is 2. The van der Waals surface area contributed by atoms with E-state index in [9.17, 15) is 4.79 Å². The van der Waals surface area contributed by atoms with E-state index in [4.69, 9.17) is 10.7 Å². The second-order valence-corrected chi connectivity index (χ2v) is 7.17. The van der Waals surface area contributed by atoms with Crippen LogP contribution in [0.4, 0.5) is 10.9 Å². The van der Waals surface area contributed by atoms with E-state index < -0.39 is 5.91 Å². The van der Waals surface area contributed by atoms with Gasteiger partial charge in [-0.25, -0.2) is 9.97 Å². The Kier molecular flexibility index (Phi) is 4.23. The van der Waals surface area contributed by atoms with Gasteiger partial charge in [0.25, 0.3) is 5.91 Å². The van der Waals surface area contributed by atoms with Gasteiger partial charge in [0.2, 0.25) is 0 Å². The minimum absolute atomic E-state index is 0.203. The summed E-state index contributed by atoms with van der Waals surface area (Å²) in [6.07, 6.45) is 3.76. The van der Waals surface area contributed by atoms with Crippen LogP contribution in [0, 0.1) is 0 Å². The third kappa shape index (κ3) is 3.28. The largest absolute Gasteiger partial charge is 0.365 e. The molecule has 3 aromatic rings. The van der Waals surface area contributed by atoms with Crippen molar-refractivity contribution in [2.45, 2.75) is 18.9 Å². The number of thiazole rings is 1. The number of carbonyl (C=O) groups is 1. The van der Waals surface area contributed by atoms with E-state index in [2.05, 4.69) is 21.3 Å². The molecule has 1 aliphatic rings. The van der Waals surface area contributed by atoms with Crippen molar-refractivity contribution in [3.63, 3.8) is 0 Å². The molecule has 1 saturated heterocycles. The summed E-state index contributed by atoms with van der Waals surface area (Å²) < 4.78 is 1.20. The summed E-state index contributed by atoms with van der Waals surface area (Å²) in [5, 5.41) is 4.43. The number of aromatic nitrogens is 2. The number of piperidine rings is 1. The molecule has 128 valence electrons. The number of amides is 1. The molecular weight excluding hydrogens is 334 g/mol. The Labute approximate surface area is 149 Å². The highest BCUT2D eigenvalue weighted by atomic mass is 32.1. The third-order valence-electron chi connectivity index (χ3n) is 4.39. The zero-order chi connectivity index (χ0) is 17.2. The highest BCUT2D eigenvalue weighted by Crippen LogP contribution is 2.30. The number of fused-ring (bicyclic) bond motifs is 1. The maximum Gasteiger partial charge on any atom is 0.252 e. The molecule has 7 heteroatoms. The highest BCUT2D eigenvalue weighted by Gasteiger charge is 2.23. The average Bonchev–Trinajstić information content (AvgIpc) is 3.06. The number of para-hydroxylation sites is 1. The molecule has 1 amide bonds. The van der Waals surface area contributed by atoms with Gasteiger partial charge >= 0.3 is 0 Å². The van der Waals surface area contributed by atoms with Crippen LogP contribution in [0.25, 0.3) is 10.2 Å². The van der Waals surface area contributed by atoms with E-state index in [0.717, 1.165) is 36.6 Å². The zero-order valence-corrected chi connectivity index (χ0v) is 14.5. The molecule has 0 radical (unpaired) electrons. The van der Waals surface area contributed by atoms with E-state index >= 15 is 0 Å². The van der Waals surface area contributed by atoms with Crippen molar-refractivity contribution in [3.05, 3.63) is 48.2 Å². The standard InChI is InChI=1S/C18H19N5OS/c19-16(24)13-6-3-9-20-17(13)21-12-5-4-10-23(11-12)18-22-14-7-1-2-8-15(14)25-18/h1-3,6-9,12H,4-5,10-11H2,(H2,19,24)(H,20,21). The van der Waals surface area contributed by atoms with Crippen molar-refractivity contribution in [1.29, 1.82) is 0 Å². The van der Waals surface area contributed by atoms with E-state index in [-0.39, 0.29) is 6.04 Å². The molecule has 0 saturated carbocycles. The van der Waals surface area contributed by atoms with Gasteiger partial charge in [0.05, 0.1) is 15.8 Å². The van der Waals surface area contributed by atoms with E-state index in [0.29, 0.717) is 11.4 Å². The van der Waals surface area contributed by atoms with Gasteiger partial charge in [-0.1, -0.05) is 23.5 Å². The van der Waals surface area contributed by atoms with Gasteiger partial charge in [-0.3, -0.25) is 4.79 Å². The summed E-state index contributed by atoms with van der Waals surface area (Å²) in [4.78, 5) is 22.9. The smallest absolute Gasteiger partial charge is 0.252 e. The molecule has 1 fully saturated rings. The first-order valence-corrected chi connectivity index (χ1v) is 9.14. The van der Waals surface area contributed by atoms with Gasteiger partial charge in [-0.2, -0.15) is 0 Å².